The van der Waals surface area contributed by atoms with Gasteiger partial charge in [0.2, 0.25) is 0 Å². The highest BCUT2D eigenvalue weighted by Crippen LogP contribution is 2.30. The van der Waals surface area contributed by atoms with Gasteiger partial charge in [0.15, 0.2) is 11.5 Å². The third-order valence-corrected chi connectivity index (χ3v) is 6.66. The number of fused-ring (bicyclic) bond motifs is 2. The lowest BCUT2D eigenvalue weighted by atomic mass is 10.0. The van der Waals surface area contributed by atoms with Crippen LogP contribution in [0.2, 0.25) is 0 Å². The van der Waals surface area contributed by atoms with Crippen LogP contribution in [-0.2, 0) is 0 Å². The Morgan fingerprint density at radius 2 is 1.56 bits per heavy atom. The van der Waals surface area contributed by atoms with Gasteiger partial charge in [-0.1, -0.05) is 66.7 Å². The standard InChI is InChI=1S/C35H25NO5/c1-2-39-33-20-23(14-19-32(33)41-34(37)29-12-7-10-24-8-3-5-11-28(24)29)22-36-27-17-15-25(16-18-27)30-21-26-9-4-6-13-31(26)40-35(30)38/h3-22H,2H2,1H3. The number of hydrogen-bond donors (Lipinski definition) is 0. The summed E-state index contributed by atoms with van der Waals surface area (Å²) in [6.45, 7) is 2.28. The summed E-state index contributed by atoms with van der Waals surface area (Å²) < 4.78 is 17.0. The minimum atomic E-state index is -0.454. The van der Waals surface area contributed by atoms with Gasteiger partial charge in [-0.15, -0.1) is 0 Å². The molecule has 6 rings (SSSR count). The highest BCUT2D eigenvalue weighted by Gasteiger charge is 2.16. The summed E-state index contributed by atoms with van der Waals surface area (Å²) >= 11 is 0. The zero-order valence-electron chi connectivity index (χ0n) is 22.2. The summed E-state index contributed by atoms with van der Waals surface area (Å²) in [5.74, 6) is 0.327. The second-order valence-electron chi connectivity index (χ2n) is 9.35. The van der Waals surface area contributed by atoms with E-state index in [-0.39, 0.29) is 5.63 Å². The number of carbonyl (C=O) groups is 1. The van der Waals surface area contributed by atoms with E-state index in [0.717, 1.165) is 27.3 Å². The quantitative estimate of drug-likeness (QED) is 0.0889. The molecule has 0 spiro atoms. The molecule has 0 atom stereocenters. The molecule has 200 valence electrons. The SMILES string of the molecule is CCOc1cc(C=Nc2ccc(-c3cc4ccccc4oc3=O)cc2)ccc1OC(=O)c1cccc2ccccc12. The molecular formula is C35H25NO5. The van der Waals surface area contributed by atoms with Crippen molar-refractivity contribution < 1.29 is 18.7 Å². The van der Waals surface area contributed by atoms with Crippen molar-refractivity contribution in [2.45, 2.75) is 6.92 Å². The minimum Gasteiger partial charge on any atom is -0.490 e. The third kappa shape index (κ3) is 5.49. The van der Waals surface area contributed by atoms with E-state index < -0.39 is 5.97 Å². The summed E-state index contributed by atoms with van der Waals surface area (Å²) in [6.07, 6.45) is 1.71. The number of rotatable bonds is 7. The molecule has 0 aliphatic rings. The smallest absolute Gasteiger partial charge is 0.344 e. The van der Waals surface area contributed by atoms with E-state index in [1.54, 1.807) is 30.5 Å². The average molecular weight is 540 g/mol. The van der Waals surface area contributed by atoms with E-state index in [4.69, 9.17) is 13.9 Å². The van der Waals surface area contributed by atoms with Gasteiger partial charge >= 0.3 is 11.6 Å². The maximum Gasteiger partial charge on any atom is 0.344 e. The number of ether oxygens (including phenoxy) is 2. The van der Waals surface area contributed by atoms with Crippen LogP contribution in [0.3, 0.4) is 0 Å². The van der Waals surface area contributed by atoms with Crippen LogP contribution in [0.15, 0.2) is 129 Å². The second kappa shape index (κ2) is 11.3. The molecule has 5 aromatic carbocycles. The maximum absolute atomic E-state index is 13.1. The van der Waals surface area contributed by atoms with Gasteiger partial charge in [0.05, 0.1) is 23.4 Å². The first kappa shape index (κ1) is 25.8. The van der Waals surface area contributed by atoms with Crippen molar-refractivity contribution in [1.29, 1.82) is 0 Å². The van der Waals surface area contributed by atoms with Gasteiger partial charge in [-0.05, 0) is 77.4 Å². The number of benzene rings is 5. The van der Waals surface area contributed by atoms with E-state index in [2.05, 4.69) is 4.99 Å². The molecule has 1 aromatic heterocycles. The Morgan fingerprint density at radius 3 is 2.39 bits per heavy atom. The largest absolute Gasteiger partial charge is 0.490 e. The fraction of sp³-hybridized carbons (Fsp3) is 0.0571. The molecule has 1 heterocycles. The summed E-state index contributed by atoms with van der Waals surface area (Å²) in [4.78, 5) is 30.1. The van der Waals surface area contributed by atoms with Crippen molar-refractivity contribution in [2.75, 3.05) is 6.61 Å². The number of nitrogens with zero attached hydrogens (tertiary/aromatic N) is 1. The molecule has 0 N–H and O–H groups in total. The van der Waals surface area contributed by atoms with Gasteiger partial charge in [-0.25, -0.2) is 9.59 Å². The van der Waals surface area contributed by atoms with E-state index in [9.17, 15) is 9.59 Å². The summed E-state index contributed by atoms with van der Waals surface area (Å²) in [7, 11) is 0. The molecular weight excluding hydrogens is 514 g/mol. The topological polar surface area (TPSA) is 78.1 Å². The number of para-hydroxylation sites is 1. The van der Waals surface area contributed by atoms with E-state index in [1.807, 2.05) is 97.9 Å². The van der Waals surface area contributed by atoms with Crippen LogP contribution in [0.5, 0.6) is 11.5 Å². The van der Waals surface area contributed by atoms with Crippen LogP contribution < -0.4 is 15.1 Å². The first-order valence-corrected chi connectivity index (χ1v) is 13.2. The summed E-state index contributed by atoms with van der Waals surface area (Å²) in [5, 5.41) is 2.65. The molecule has 0 amide bonds. The van der Waals surface area contributed by atoms with Crippen molar-refractivity contribution in [3.63, 3.8) is 0 Å². The Balaban J connectivity index is 1.21. The number of esters is 1. The summed E-state index contributed by atoms with van der Waals surface area (Å²) in [6, 6.07) is 35.2. The first-order chi connectivity index (χ1) is 20.1. The fourth-order valence-corrected chi connectivity index (χ4v) is 4.66. The molecule has 0 saturated carbocycles. The zero-order chi connectivity index (χ0) is 28.2. The molecule has 41 heavy (non-hydrogen) atoms. The lowest BCUT2D eigenvalue weighted by Crippen LogP contribution is -2.10. The predicted molar refractivity (Wildman–Crippen MR) is 162 cm³/mol. The Labute approximate surface area is 236 Å². The average Bonchev–Trinajstić information content (AvgIpc) is 3.01. The van der Waals surface area contributed by atoms with Gasteiger partial charge in [-0.3, -0.25) is 4.99 Å². The molecule has 0 aliphatic heterocycles. The molecule has 0 radical (unpaired) electrons. The molecule has 0 unspecified atom stereocenters. The number of hydrogen-bond acceptors (Lipinski definition) is 6. The van der Waals surface area contributed by atoms with E-state index in [0.29, 0.717) is 40.5 Å². The Kier molecular flexibility index (Phi) is 7.11. The predicted octanol–water partition coefficient (Wildman–Crippen LogP) is 7.98. The van der Waals surface area contributed by atoms with Gasteiger partial charge in [-0.2, -0.15) is 0 Å². The van der Waals surface area contributed by atoms with Gasteiger partial charge in [0.1, 0.15) is 5.58 Å². The van der Waals surface area contributed by atoms with E-state index >= 15 is 0 Å². The van der Waals surface area contributed by atoms with Gasteiger partial charge in [0.25, 0.3) is 0 Å². The highest BCUT2D eigenvalue weighted by atomic mass is 16.6. The van der Waals surface area contributed by atoms with Crippen LogP contribution in [0.1, 0.15) is 22.8 Å². The number of aliphatic imine (C=N–C) groups is 1. The first-order valence-electron chi connectivity index (χ1n) is 13.2. The second-order valence-corrected chi connectivity index (χ2v) is 9.35. The molecule has 0 saturated heterocycles. The van der Waals surface area contributed by atoms with Crippen LogP contribution in [0, 0.1) is 0 Å². The van der Waals surface area contributed by atoms with Crippen molar-refractivity contribution in [3.05, 3.63) is 137 Å². The summed E-state index contributed by atoms with van der Waals surface area (Å²) in [5.41, 5.74) is 3.39. The molecule has 6 heteroatoms. The van der Waals surface area contributed by atoms with Gasteiger partial charge < -0.3 is 13.9 Å². The minimum absolute atomic E-state index is 0.334. The van der Waals surface area contributed by atoms with Crippen molar-refractivity contribution >= 4 is 39.6 Å². The molecule has 6 aromatic rings. The van der Waals surface area contributed by atoms with Crippen LogP contribution in [-0.4, -0.2) is 18.8 Å². The lowest BCUT2D eigenvalue weighted by molar-refractivity contribution is 0.0730. The third-order valence-electron chi connectivity index (χ3n) is 6.66. The number of carbonyl (C=O) groups excluding carboxylic acids is 1. The van der Waals surface area contributed by atoms with E-state index in [1.165, 1.54) is 0 Å². The molecule has 0 fully saturated rings. The fourth-order valence-electron chi connectivity index (χ4n) is 4.66. The van der Waals surface area contributed by atoms with Crippen molar-refractivity contribution in [1.82, 2.24) is 0 Å². The van der Waals surface area contributed by atoms with Crippen LogP contribution in [0.4, 0.5) is 5.69 Å². The lowest BCUT2D eigenvalue weighted by Gasteiger charge is -2.12. The highest BCUT2D eigenvalue weighted by molar-refractivity contribution is 6.05. The maximum atomic E-state index is 13.1. The Hall–Kier alpha value is -5.49. The molecule has 0 bridgehead atoms. The van der Waals surface area contributed by atoms with Crippen molar-refractivity contribution in [3.8, 4) is 22.6 Å². The zero-order valence-corrected chi connectivity index (χ0v) is 22.2. The Bertz CT molecular complexity index is 1970. The normalized spacial score (nSPS) is 11.2. The van der Waals surface area contributed by atoms with Gasteiger partial charge in [0, 0.05) is 11.6 Å². The monoisotopic (exact) mass is 539 g/mol. The molecule has 0 aliphatic carbocycles. The van der Waals surface area contributed by atoms with Crippen LogP contribution >= 0.6 is 0 Å². The van der Waals surface area contributed by atoms with Crippen molar-refractivity contribution in [2.24, 2.45) is 4.99 Å². The Morgan fingerprint density at radius 1 is 0.805 bits per heavy atom. The molecule has 6 nitrogen and oxygen atoms in total. The van der Waals surface area contributed by atoms with Crippen LogP contribution in [0.25, 0.3) is 32.9 Å².